The second-order valence-electron chi connectivity index (χ2n) is 10.3. The Labute approximate surface area is 228 Å². The average molecular weight is 544 g/mol. The summed E-state index contributed by atoms with van der Waals surface area (Å²) in [6.45, 7) is 3.12. The molecule has 11 heteroatoms. The molecule has 2 aliphatic heterocycles. The molecule has 4 aromatic heterocycles. The maximum Gasteiger partial charge on any atom is 0.281 e. The summed E-state index contributed by atoms with van der Waals surface area (Å²) in [4.78, 5) is 15.5. The molecule has 2 fully saturated rings. The van der Waals surface area contributed by atoms with Crippen molar-refractivity contribution in [2.24, 2.45) is 5.92 Å². The van der Waals surface area contributed by atoms with E-state index < -0.39 is 6.43 Å². The van der Waals surface area contributed by atoms with Gasteiger partial charge in [0, 0.05) is 54.3 Å². The number of nitrogens with one attached hydrogen (secondary N) is 1. The number of alkyl halides is 2. The van der Waals surface area contributed by atoms with Crippen molar-refractivity contribution < 1.29 is 18.3 Å². The van der Waals surface area contributed by atoms with Crippen LogP contribution in [0.25, 0.3) is 27.8 Å². The molecule has 9 nitrogen and oxygen atoms in total. The Morgan fingerprint density at radius 3 is 2.75 bits per heavy atom. The summed E-state index contributed by atoms with van der Waals surface area (Å²) in [6, 6.07) is 13.4. The average Bonchev–Trinajstić information content (AvgIpc) is 3.56. The highest BCUT2D eigenvalue weighted by atomic mass is 19.3. The van der Waals surface area contributed by atoms with Gasteiger partial charge in [-0.2, -0.15) is 0 Å². The van der Waals surface area contributed by atoms with Gasteiger partial charge >= 0.3 is 0 Å². The summed E-state index contributed by atoms with van der Waals surface area (Å²) < 4.78 is 40.5. The maximum absolute atomic E-state index is 13.8. The molecule has 1 N–H and O–H groups in total. The van der Waals surface area contributed by atoms with Crippen molar-refractivity contribution in [1.82, 2.24) is 24.6 Å². The second-order valence-corrected chi connectivity index (χ2v) is 10.3. The summed E-state index contributed by atoms with van der Waals surface area (Å²) >= 11 is 0. The molecule has 0 amide bonds. The first kappa shape index (κ1) is 24.6. The number of ether oxygens (including phenoxy) is 2. The van der Waals surface area contributed by atoms with Crippen molar-refractivity contribution in [3.05, 3.63) is 72.3 Å². The van der Waals surface area contributed by atoms with Gasteiger partial charge in [0.2, 0.25) is 0 Å². The fraction of sp³-hybridized carbons (Fsp3) is 0.310. The van der Waals surface area contributed by atoms with Gasteiger partial charge in [0.1, 0.15) is 17.3 Å². The molecule has 0 spiro atoms. The molecular formula is C29H27F2N7O2. The molecule has 2 aliphatic rings. The van der Waals surface area contributed by atoms with Crippen molar-refractivity contribution in [2.75, 3.05) is 37.0 Å². The molecule has 204 valence electrons. The van der Waals surface area contributed by atoms with Crippen LogP contribution in [0.5, 0.6) is 5.75 Å². The predicted octanol–water partition coefficient (Wildman–Crippen LogP) is 5.12. The van der Waals surface area contributed by atoms with E-state index in [4.69, 9.17) is 19.6 Å². The molecule has 2 atom stereocenters. The number of aromatic nitrogens is 5. The summed E-state index contributed by atoms with van der Waals surface area (Å²) in [7, 11) is 1.62. The van der Waals surface area contributed by atoms with Gasteiger partial charge in [0.15, 0.2) is 11.5 Å². The van der Waals surface area contributed by atoms with E-state index in [1.165, 1.54) is 12.4 Å². The van der Waals surface area contributed by atoms with Gasteiger partial charge in [0.05, 0.1) is 31.7 Å². The first-order valence-electron chi connectivity index (χ1n) is 13.2. The van der Waals surface area contributed by atoms with E-state index in [0.717, 1.165) is 43.1 Å². The number of nitrogens with zero attached hydrogens (tertiary/aromatic N) is 6. The highest BCUT2D eigenvalue weighted by Gasteiger charge is 2.34. The number of fused-ring (bicyclic) bond motifs is 4. The van der Waals surface area contributed by atoms with E-state index in [-0.39, 0.29) is 17.2 Å². The number of halogens is 2. The van der Waals surface area contributed by atoms with Gasteiger partial charge in [-0.3, -0.25) is 4.98 Å². The summed E-state index contributed by atoms with van der Waals surface area (Å²) in [6.07, 6.45) is 3.47. The highest BCUT2D eigenvalue weighted by Crippen LogP contribution is 2.34. The third-order valence-electron chi connectivity index (χ3n) is 7.63. The molecular weight excluding hydrogens is 516 g/mol. The summed E-state index contributed by atoms with van der Waals surface area (Å²) in [5.41, 5.74) is 2.98. The second kappa shape index (κ2) is 9.98. The molecule has 2 saturated heterocycles. The van der Waals surface area contributed by atoms with Crippen LogP contribution in [0.1, 0.15) is 24.1 Å². The molecule has 5 aromatic rings. The van der Waals surface area contributed by atoms with Gasteiger partial charge < -0.3 is 19.7 Å². The van der Waals surface area contributed by atoms with Gasteiger partial charge in [-0.05, 0) is 42.3 Å². The first-order valence-corrected chi connectivity index (χ1v) is 13.2. The lowest BCUT2D eigenvalue weighted by Gasteiger charge is -2.31. The topological polar surface area (TPSA) is 89.7 Å². The van der Waals surface area contributed by atoms with Crippen LogP contribution in [0.4, 0.5) is 20.3 Å². The molecule has 0 aliphatic carbocycles. The predicted molar refractivity (Wildman–Crippen MR) is 147 cm³/mol. The molecule has 2 bridgehead atoms. The van der Waals surface area contributed by atoms with Crippen LogP contribution in [-0.4, -0.2) is 57.5 Å². The van der Waals surface area contributed by atoms with Crippen molar-refractivity contribution in [1.29, 1.82) is 0 Å². The number of hydrogen-bond acceptors (Lipinski definition) is 8. The number of piperidine rings is 1. The Hall–Kier alpha value is -4.38. The third kappa shape index (κ3) is 4.56. The van der Waals surface area contributed by atoms with E-state index in [0.29, 0.717) is 40.7 Å². The van der Waals surface area contributed by atoms with E-state index in [1.54, 1.807) is 17.7 Å². The molecule has 0 radical (unpaired) electrons. The number of hydrogen-bond donors (Lipinski definition) is 1. The van der Waals surface area contributed by atoms with Crippen molar-refractivity contribution in [3.63, 3.8) is 0 Å². The van der Waals surface area contributed by atoms with Gasteiger partial charge in [-0.25, -0.2) is 23.3 Å². The Bertz CT molecular complexity index is 1680. The largest absolute Gasteiger partial charge is 0.497 e. The number of methoxy groups -OCH3 is 1. The van der Waals surface area contributed by atoms with Crippen molar-refractivity contribution in [2.45, 2.75) is 25.5 Å². The number of benzene rings is 1. The van der Waals surface area contributed by atoms with Gasteiger partial charge in [-0.15, -0.1) is 5.10 Å². The van der Waals surface area contributed by atoms with Crippen LogP contribution in [0.15, 0.2) is 61.1 Å². The minimum atomic E-state index is -2.74. The molecule has 7 rings (SSSR count). The normalized spacial score (nSPS) is 18.6. The molecule has 40 heavy (non-hydrogen) atoms. The summed E-state index contributed by atoms with van der Waals surface area (Å²) in [5.74, 6) is 2.27. The van der Waals surface area contributed by atoms with Crippen LogP contribution in [0.2, 0.25) is 0 Å². The lowest BCUT2D eigenvalue weighted by molar-refractivity contribution is 0.119. The van der Waals surface area contributed by atoms with Crippen LogP contribution in [0.3, 0.4) is 0 Å². The molecule has 6 heterocycles. The van der Waals surface area contributed by atoms with Crippen LogP contribution < -0.4 is 15.0 Å². The fourth-order valence-electron chi connectivity index (χ4n) is 5.59. The number of rotatable bonds is 7. The molecule has 2 unspecified atom stereocenters. The van der Waals surface area contributed by atoms with Crippen LogP contribution in [-0.2, 0) is 11.3 Å². The van der Waals surface area contributed by atoms with E-state index in [9.17, 15) is 8.78 Å². The number of anilines is 2. The zero-order valence-electron chi connectivity index (χ0n) is 21.8. The zero-order chi connectivity index (χ0) is 27.2. The van der Waals surface area contributed by atoms with Crippen LogP contribution >= 0.6 is 0 Å². The Balaban J connectivity index is 1.22. The lowest BCUT2D eigenvalue weighted by atomic mass is 10.00. The quantitative estimate of drug-likeness (QED) is 0.303. The molecule has 1 aromatic carbocycles. The van der Waals surface area contributed by atoms with Crippen molar-refractivity contribution in [3.8, 4) is 17.1 Å². The van der Waals surface area contributed by atoms with E-state index in [1.807, 2.05) is 42.6 Å². The van der Waals surface area contributed by atoms with Gasteiger partial charge in [-0.1, -0.05) is 12.1 Å². The Kier molecular flexibility index (Phi) is 6.15. The highest BCUT2D eigenvalue weighted by molar-refractivity contribution is 5.97. The smallest absolute Gasteiger partial charge is 0.281 e. The minimum absolute atomic E-state index is 0.269. The number of pyridine rings is 3. The Morgan fingerprint density at radius 2 is 1.95 bits per heavy atom. The standard InChI is InChI=1S/C29H27F2N7O2/c1-39-20-5-2-17(3-6-20)10-32-25-9-22-23(11-33-25)27(28(30)31)34-12-24(22)29-35-26-7-4-19(14-38(26)36-29)37-13-18-8-21(15-37)40-16-18/h2-7,9,11-12,14,18,21,28H,8,10,13,15-16H2,1H3,(H,32,33). The SMILES string of the molecule is COc1ccc(CNc2cc3c(-c4nc5ccc(N6CC7COC(C7)C6)cn5n4)cnc(C(F)F)c3cn2)cc1. The van der Waals surface area contributed by atoms with Crippen LogP contribution in [0, 0.1) is 5.92 Å². The summed E-state index contributed by atoms with van der Waals surface area (Å²) in [5, 5.41) is 8.83. The molecule has 0 saturated carbocycles. The van der Waals surface area contributed by atoms with Gasteiger partial charge in [0.25, 0.3) is 6.43 Å². The zero-order valence-corrected chi connectivity index (χ0v) is 21.8. The Morgan fingerprint density at radius 1 is 1.07 bits per heavy atom. The van der Waals surface area contributed by atoms with E-state index >= 15 is 0 Å². The lowest BCUT2D eigenvalue weighted by Crippen LogP contribution is -2.39. The van der Waals surface area contributed by atoms with Crippen molar-refractivity contribution >= 4 is 27.9 Å². The first-order chi connectivity index (χ1) is 19.5. The maximum atomic E-state index is 13.8. The third-order valence-corrected chi connectivity index (χ3v) is 7.63. The van der Waals surface area contributed by atoms with E-state index in [2.05, 4.69) is 20.2 Å². The minimum Gasteiger partial charge on any atom is -0.497 e. The fourth-order valence-corrected chi connectivity index (χ4v) is 5.59. The monoisotopic (exact) mass is 543 g/mol.